The van der Waals surface area contributed by atoms with Crippen LogP contribution in [0.25, 0.3) is 11.0 Å². The van der Waals surface area contributed by atoms with Gasteiger partial charge in [-0.1, -0.05) is 32.9 Å². The second-order valence-electron chi connectivity index (χ2n) is 9.41. The lowest BCUT2D eigenvalue weighted by molar-refractivity contribution is -0.0266. The lowest BCUT2D eigenvalue weighted by Crippen LogP contribution is -2.64. The van der Waals surface area contributed by atoms with Gasteiger partial charge in [-0.15, -0.1) is 0 Å². The van der Waals surface area contributed by atoms with Crippen molar-refractivity contribution in [1.82, 2.24) is 14.9 Å². The third-order valence-electron chi connectivity index (χ3n) is 7.88. The number of imidazole rings is 1. The first kappa shape index (κ1) is 18.2. The van der Waals surface area contributed by atoms with Gasteiger partial charge in [-0.25, -0.2) is 4.98 Å². The van der Waals surface area contributed by atoms with Crippen molar-refractivity contribution in [2.24, 2.45) is 5.41 Å². The quantitative estimate of drug-likeness (QED) is 0.651. The number of nitrogens with zero attached hydrogens (tertiary/aromatic N) is 2. The molecule has 29 heavy (non-hydrogen) atoms. The zero-order valence-electron chi connectivity index (χ0n) is 17.4. The molecule has 1 aliphatic heterocycles. The van der Waals surface area contributed by atoms with Crippen molar-refractivity contribution in [3.05, 3.63) is 58.9 Å². The summed E-state index contributed by atoms with van der Waals surface area (Å²) in [5.74, 6) is 0.407. The number of aromatic hydroxyl groups is 1. The third kappa shape index (κ3) is 2.33. The normalized spacial score (nSPS) is 25.1. The van der Waals surface area contributed by atoms with Crippen molar-refractivity contribution < 1.29 is 9.90 Å². The molecule has 2 atom stereocenters. The second kappa shape index (κ2) is 5.85. The highest BCUT2D eigenvalue weighted by molar-refractivity contribution is 5.99. The molecule has 2 aliphatic rings. The SMILES string of the molecule is Cc1cc2[nH]cnc2cc1C(=O)N1CC[C@@]2(C)c3cccc(O)c3C[C@@H]1C2(C)C. The maximum atomic E-state index is 13.7. The molecule has 1 amide bonds. The van der Waals surface area contributed by atoms with E-state index in [4.69, 9.17) is 0 Å². The molecule has 0 saturated carbocycles. The summed E-state index contributed by atoms with van der Waals surface area (Å²) in [6, 6.07) is 9.78. The smallest absolute Gasteiger partial charge is 0.254 e. The molecule has 0 unspecified atom stereocenters. The van der Waals surface area contributed by atoms with Crippen molar-refractivity contribution in [3.63, 3.8) is 0 Å². The number of rotatable bonds is 1. The van der Waals surface area contributed by atoms with E-state index in [1.807, 2.05) is 30.0 Å². The van der Waals surface area contributed by atoms with Crippen LogP contribution in [0.5, 0.6) is 5.75 Å². The Hall–Kier alpha value is -2.82. The standard InChI is InChI=1S/C24H27N3O2/c1-14-10-18-19(26-13-25-18)11-15(14)22(29)27-9-8-24(4)17-6-5-7-20(28)16(17)12-21(27)23(24,2)3/h5-7,10-11,13,21,28H,8-9,12H2,1-4H3,(H,25,26)/t21-,24+/m1/s1. The molecule has 0 radical (unpaired) electrons. The number of aromatic nitrogens is 2. The average molecular weight is 389 g/mol. The van der Waals surface area contributed by atoms with Crippen molar-refractivity contribution in [2.45, 2.75) is 52.0 Å². The van der Waals surface area contributed by atoms with Gasteiger partial charge < -0.3 is 15.0 Å². The Balaban J connectivity index is 1.60. The minimum absolute atomic E-state index is 0.0313. The van der Waals surface area contributed by atoms with Crippen LogP contribution in [0.1, 0.15) is 54.2 Å². The van der Waals surface area contributed by atoms with Crippen LogP contribution in [0, 0.1) is 12.3 Å². The Bertz CT molecular complexity index is 1150. The number of aromatic amines is 1. The number of aryl methyl sites for hydroxylation is 1. The van der Waals surface area contributed by atoms with E-state index < -0.39 is 0 Å². The molecular formula is C24H27N3O2. The Morgan fingerprint density at radius 1 is 1.28 bits per heavy atom. The van der Waals surface area contributed by atoms with Gasteiger partial charge in [-0.2, -0.15) is 0 Å². The highest BCUT2D eigenvalue weighted by Gasteiger charge is 2.57. The van der Waals surface area contributed by atoms with Gasteiger partial charge in [-0.3, -0.25) is 4.79 Å². The largest absolute Gasteiger partial charge is 0.508 e. The fraction of sp³-hybridized carbons (Fsp3) is 0.417. The molecule has 2 bridgehead atoms. The maximum Gasteiger partial charge on any atom is 0.254 e. The van der Waals surface area contributed by atoms with Crippen LogP contribution in [-0.4, -0.2) is 38.5 Å². The lowest BCUT2D eigenvalue weighted by Gasteiger charge is -2.60. The number of H-pyrrole nitrogens is 1. The highest BCUT2D eigenvalue weighted by Crippen LogP contribution is 2.57. The molecule has 5 rings (SSSR count). The van der Waals surface area contributed by atoms with Gasteiger partial charge in [-0.05, 0) is 60.1 Å². The molecule has 2 N–H and O–H groups in total. The summed E-state index contributed by atoms with van der Waals surface area (Å²) in [6.45, 7) is 9.54. The number of nitrogens with one attached hydrogen (secondary N) is 1. The van der Waals surface area contributed by atoms with E-state index in [9.17, 15) is 9.90 Å². The molecule has 3 aromatic rings. The summed E-state index contributed by atoms with van der Waals surface area (Å²) in [7, 11) is 0. The van der Waals surface area contributed by atoms with Crippen LogP contribution >= 0.6 is 0 Å². The topological polar surface area (TPSA) is 69.2 Å². The molecule has 0 spiro atoms. The average Bonchev–Trinajstić information content (AvgIpc) is 3.11. The number of phenols is 1. The molecule has 2 aromatic carbocycles. The Kier molecular flexibility index (Phi) is 3.67. The van der Waals surface area contributed by atoms with E-state index in [-0.39, 0.29) is 22.8 Å². The van der Waals surface area contributed by atoms with Crippen LogP contribution in [-0.2, 0) is 11.8 Å². The van der Waals surface area contributed by atoms with Gasteiger partial charge in [0.25, 0.3) is 5.91 Å². The van der Waals surface area contributed by atoms with Crippen LogP contribution in [0.4, 0.5) is 0 Å². The van der Waals surface area contributed by atoms with Crippen molar-refractivity contribution in [2.75, 3.05) is 6.54 Å². The third-order valence-corrected chi connectivity index (χ3v) is 7.88. The number of carbonyl (C=O) groups is 1. The molecular weight excluding hydrogens is 362 g/mol. The van der Waals surface area contributed by atoms with Crippen LogP contribution in [0.2, 0.25) is 0 Å². The van der Waals surface area contributed by atoms with E-state index in [1.165, 1.54) is 5.56 Å². The fourth-order valence-electron chi connectivity index (χ4n) is 5.64. The number of benzene rings is 2. The van der Waals surface area contributed by atoms with Crippen molar-refractivity contribution in [3.8, 4) is 5.75 Å². The summed E-state index contributed by atoms with van der Waals surface area (Å²) >= 11 is 0. The van der Waals surface area contributed by atoms with Gasteiger partial charge in [0.1, 0.15) is 5.75 Å². The molecule has 1 fully saturated rings. The van der Waals surface area contributed by atoms with Crippen molar-refractivity contribution >= 4 is 16.9 Å². The van der Waals surface area contributed by atoms with Gasteiger partial charge >= 0.3 is 0 Å². The van der Waals surface area contributed by atoms with E-state index in [1.54, 1.807) is 12.4 Å². The molecule has 1 saturated heterocycles. The predicted molar refractivity (Wildman–Crippen MR) is 113 cm³/mol. The second-order valence-corrected chi connectivity index (χ2v) is 9.41. The summed E-state index contributed by atoms with van der Waals surface area (Å²) in [6.07, 6.45) is 3.22. The van der Waals surface area contributed by atoms with E-state index >= 15 is 0 Å². The molecule has 5 nitrogen and oxygen atoms in total. The van der Waals surface area contributed by atoms with E-state index in [2.05, 4.69) is 36.8 Å². The van der Waals surface area contributed by atoms with E-state index in [0.717, 1.165) is 35.1 Å². The predicted octanol–water partition coefficient (Wildman–Crippen LogP) is 4.33. The Morgan fingerprint density at radius 3 is 2.86 bits per heavy atom. The summed E-state index contributed by atoms with van der Waals surface area (Å²) in [5.41, 5.74) is 5.47. The maximum absolute atomic E-state index is 13.7. The van der Waals surface area contributed by atoms with Gasteiger partial charge in [0.05, 0.1) is 17.4 Å². The fourth-order valence-corrected chi connectivity index (χ4v) is 5.64. The lowest BCUT2D eigenvalue weighted by atomic mass is 9.51. The molecule has 1 aromatic heterocycles. The zero-order valence-corrected chi connectivity index (χ0v) is 17.4. The Morgan fingerprint density at radius 2 is 2.07 bits per heavy atom. The molecule has 1 aliphatic carbocycles. The molecule has 150 valence electrons. The summed E-state index contributed by atoms with van der Waals surface area (Å²) in [5, 5.41) is 10.6. The monoisotopic (exact) mass is 389 g/mol. The number of phenolic OH excluding ortho intramolecular Hbond substituents is 1. The van der Waals surface area contributed by atoms with Gasteiger partial charge in [0.2, 0.25) is 0 Å². The molecule has 5 heteroatoms. The number of likely N-dealkylation sites (tertiary alicyclic amines) is 1. The van der Waals surface area contributed by atoms with Gasteiger partial charge in [0.15, 0.2) is 0 Å². The number of carbonyl (C=O) groups excluding carboxylic acids is 1. The van der Waals surface area contributed by atoms with Crippen LogP contribution in [0.15, 0.2) is 36.7 Å². The number of fused-ring (bicyclic) bond motifs is 5. The van der Waals surface area contributed by atoms with Gasteiger partial charge in [0, 0.05) is 23.6 Å². The first-order valence-corrected chi connectivity index (χ1v) is 10.3. The first-order chi connectivity index (χ1) is 13.7. The van der Waals surface area contributed by atoms with E-state index in [0.29, 0.717) is 17.7 Å². The number of amides is 1. The number of piperidine rings is 1. The number of hydrogen-bond donors (Lipinski definition) is 2. The van der Waals surface area contributed by atoms with Crippen LogP contribution in [0.3, 0.4) is 0 Å². The Labute approximate surface area is 170 Å². The minimum atomic E-state index is -0.105. The van der Waals surface area contributed by atoms with Crippen molar-refractivity contribution in [1.29, 1.82) is 0 Å². The minimum Gasteiger partial charge on any atom is -0.508 e. The zero-order chi connectivity index (χ0) is 20.6. The van der Waals surface area contributed by atoms with Crippen LogP contribution < -0.4 is 0 Å². The summed E-state index contributed by atoms with van der Waals surface area (Å²) in [4.78, 5) is 23.2. The first-order valence-electron chi connectivity index (χ1n) is 10.3. The summed E-state index contributed by atoms with van der Waals surface area (Å²) < 4.78 is 0. The number of hydrogen-bond acceptors (Lipinski definition) is 3. The molecule has 2 heterocycles. The highest BCUT2D eigenvalue weighted by atomic mass is 16.3.